The van der Waals surface area contributed by atoms with Crippen LogP contribution in [0.25, 0.3) is 66.1 Å². The van der Waals surface area contributed by atoms with Crippen molar-refractivity contribution >= 4 is 38.6 Å². The van der Waals surface area contributed by atoms with Gasteiger partial charge >= 0.3 is 0 Å². The van der Waals surface area contributed by atoms with Gasteiger partial charge in [0.05, 0.1) is 5.69 Å². The summed E-state index contributed by atoms with van der Waals surface area (Å²) in [7, 11) is 0. The normalized spacial score (nSPS) is 11.1. The minimum atomic E-state index is 1.10. The van der Waals surface area contributed by atoms with Gasteiger partial charge in [0.15, 0.2) is 0 Å². The van der Waals surface area contributed by atoms with Gasteiger partial charge in [0.2, 0.25) is 0 Å². The molecule has 0 aliphatic carbocycles. The van der Waals surface area contributed by atoms with Gasteiger partial charge in [-0.15, -0.1) is 0 Å². The van der Waals surface area contributed by atoms with Crippen LogP contribution in [0.3, 0.4) is 0 Å². The molecule has 0 N–H and O–H groups in total. The Kier molecular flexibility index (Phi) is 7.92. The Morgan fingerprint density at radius 3 is 1.27 bits per heavy atom. The maximum absolute atomic E-state index is 2.43. The van der Waals surface area contributed by atoms with Crippen molar-refractivity contribution in [3.05, 3.63) is 212 Å². The summed E-state index contributed by atoms with van der Waals surface area (Å²) >= 11 is 0. The molecule has 0 amide bonds. The molecule has 0 heterocycles. The van der Waals surface area contributed by atoms with Gasteiger partial charge in [0, 0.05) is 16.9 Å². The molecule has 0 saturated heterocycles. The number of anilines is 3. The Labute approximate surface area is 299 Å². The van der Waals surface area contributed by atoms with E-state index in [1.54, 1.807) is 0 Å². The van der Waals surface area contributed by atoms with Crippen LogP contribution < -0.4 is 4.90 Å². The number of hydrogen-bond donors (Lipinski definition) is 0. The first-order valence-electron chi connectivity index (χ1n) is 17.5. The van der Waals surface area contributed by atoms with Crippen LogP contribution in [0.4, 0.5) is 17.1 Å². The van der Waals surface area contributed by atoms with Crippen LogP contribution in [-0.2, 0) is 0 Å². The highest BCUT2D eigenvalue weighted by atomic mass is 15.1. The molecule has 9 aromatic rings. The fourth-order valence-electron chi connectivity index (χ4n) is 7.49. The first kappa shape index (κ1) is 30.4. The van der Waals surface area contributed by atoms with E-state index in [4.69, 9.17) is 0 Å². The zero-order valence-electron chi connectivity index (χ0n) is 28.2. The minimum absolute atomic E-state index is 1.10. The predicted molar refractivity (Wildman–Crippen MR) is 218 cm³/mol. The molecule has 0 aromatic heterocycles. The molecule has 0 aliphatic rings. The monoisotopic (exact) mass is 649 g/mol. The molecule has 9 aromatic carbocycles. The van der Waals surface area contributed by atoms with Crippen molar-refractivity contribution in [1.82, 2.24) is 0 Å². The van der Waals surface area contributed by atoms with Crippen molar-refractivity contribution < 1.29 is 0 Å². The van der Waals surface area contributed by atoms with Crippen LogP contribution in [0, 0.1) is 0 Å². The van der Waals surface area contributed by atoms with E-state index < -0.39 is 0 Å². The molecule has 0 saturated carbocycles. The molecule has 1 nitrogen and oxygen atoms in total. The smallest absolute Gasteiger partial charge is 0.0540 e. The van der Waals surface area contributed by atoms with Gasteiger partial charge in [-0.3, -0.25) is 0 Å². The Bertz CT molecular complexity index is 2520. The summed E-state index contributed by atoms with van der Waals surface area (Å²) in [6.07, 6.45) is 0. The first-order valence-corrected chi connectivity index (χ1v) is 17.5. The average Bonchev–Trinajstić information content (AvgIpc) is 3.21. The molecule has 0 atom stereocenters. The second-order valence-corrected chi connectivity index (χ2v) is 12.9. The largest absolute Gasteiger partial charge is 0.310 e. The van der Waals surface area contributed by atoms with Crippen LogP contribution in [0.15, 0.2) is 212 Å². The molecule has 0 aliphatic heterocycles. The highest BCUT2D eigenvalue weighted by molar-refractivity contribution is 6.00. The van der Waals surface area contributed by atoms with Gasteiger partial charge in [-0.2, -0.15) is 0 Å². The molecular formula is C50H35N. The maximum atomic E-state index is 2.43. The zero-order valence-corrected chi connectivity index (χ0v) is 28.2. The quantitative estimate of drug-likeness (QED) is 0.166. The molecule has 0 unspecified atom stereocenters. The summed E-state index contributed by atoms with van der Waals surface area (Å²) in [5.41, 5.74) is 12.9. The molecule has 0 spiro atoms. The summed E-state index contributed by atoms with van der Waals surface area (Å²) in [6, 6.07) is 76.7. The van der Waals surface area contributed by atoms with Gasteiger partial charge < -0.3 is 4.90 Å². The molecule has 51 heavy (non-hydrogen) atoms. The van der Waals surface area contributed by atoms with E-state index in [1.807, 2.05) is 0 Å². The number of benzene rings is 9. The van der Waals surface area contributed by atoms with Crippen molar-refractivity contribution in [3.8, 4) is 44.5 Å². The Hall–Kier alpha value is -6.70. The molecule has 240 valence electrons. The van der Waals surface area contributed by atoms with Gasteiger partial charge in [0.25, 0.3) is 0 Å². The van der Waals surface area contributed by atoms with Gasteiger partial charge in [0.1, 0.15) is 0 Å². The van der Waals surface area contributed by atoms with E-state index in [0.717, 1.165) is 17.1 Å². The second kappa shape index (κ2) is 13.3. The van der Waals surface area contributed by atoms with E-state index >= 15 is 0 Å². The van der Waals surface area contributed by atoms with Crippen molar-refractivity contribution in [2.45, 2.75) is 0 Å². The highest BCUT2D eigenvalue weighted by Gasteiger charge is 2.20. The number of rotatable bonds is 7. The van der Waals surface area contributed by atoms with Crippen LogP contribution in [0.2, 0.25) is 0 Å². The lowest BCUT2D eigenvalue weighted by Gasteiger charge is -2.29. The lowest BCUT2D eigenvalue weighted by molar-refractivity contribution is 1.28. The van der Waals surface area contributed by atoms with Crippen molar-refractivity contribution in [2.24, 2.45) is 0 Å². The molecule has 0 radical (unpaired) electrons. The molecular weight excluding hydrogens is 615 g/mol. The van der Waals surface area contributed by atoms with E-state index in [2.05, 4.69) is 217 Å². The van der Waals surface area contributed by atoms with Crippen LogP contribution in [-0.4, -0.2) is 0 Å². The lowest BCUT2D eigenvalue weighted by Crippen LogP contribution is -2.11. The van der Waals surface area contributed by atoms with Crippen molar-refractivity contribution in [2.75, 3.05) is 4.90 Å². The topological polar surface area (TPSA) is 3.24 Å². The summed E-state index contributed by atoms with van der Waals surface area (Å²) < 4.78 is 0. The standard InChI is InChI=1S/C50H35N/c1-2-16-36(17-3-1)45-28-8-9-29-48(45)49-30-10-11-33-50(49)51(41-24-12-22-39(34-41)46-31-14-20-37-18-4-6-26-43(37)46)42-25-13-23-40(35-42)47-32-15-21-38-19-5-7-27-44(38)47/h1-35H. The Morgan fingerprint density at radius 2 is 0.667 bits per heavy atom. The lowest BCUT2D eigenvalue weighted by atomic mass is 9.92. The van der Waals surface area contributed by atoms with Gasteiger partial charge in [-0.25, -0.2) is 0 Å². The fourth-order valence-corrected chi connectivity index (χ4v) is 7.49. The Morgan fingerprint density at radius 1 is 0.255 bits per heavy atom. The van der Waals surface area contributed by atoms with Crippen molar-refractivity contribution in [3.63, 3.8) is 0 Å². The highest BCUT2D eigenvalue weighted by Crippen LogP contribution is 2.45. The second-order valence-electron chi connectivity index (χ2n) is 12.9. The van der Waals surface area contributed by atoms with Gasteiger partial charge in [-0.05, 0) is 90.8 Å². The minimum Gasteiger partial charge on any atom is -0.310 e. The number of nitrogens with zero attached hydrogens (tertiary/aromatic N) is 1. The third-order valence-corrected chi connectivity index (χ3v) is 9.86. The number of para-hydroxylation sites is 1. The summed E-state index contributed by atoms with van der Waals surface area (Å²) in [5, 5.41) is 4.98. The third kappa shape index (κ3) is 5.75. The SMILES string of the molecule is c1ccc(-c2ccccc2-c2ccccc2N(c2cccc(-c3cccc4ccccc34)c2)c2cccc(-c3cccc4ccccc34)c2)cc1. The Balaban J connectivity index is 1.27. The van der Waals surface area contributed by atoms with Gasteiger partial charge in [-0.1, -0.05) is 182 Å². The zero-order chi connectivity index (χ0) is 34.0. The molecule has 9 rings (SSSR count). The third-order valence-electron chi connectivity index (χ3n) is 9.86. The van der Waals surface area contributed by atoms with Crippen LogP contribution >= 0.6 is 0 Å². The summed E-state index contributed by atoms with van der Waals surface area (Å²) in [5.74, 6) is 0. The molecule has 1 heteroatoms. The van der Waals surface area contributed by atoms with E-state index in [1.165, 1.54) is 66.1 Å². The van der Waals surface area contributed by atoms with E-state index in [9.17, 15) is 0 Å². The molecule has 0 fully saturated rings. The summed E-state index contributed by atoms with van der Waals surface area (Å²) in [4.78, 5) is 2.43. The number of hydrogen-bond acceptors (Lipinski definition) is 1. The number of fused-ring (bicyclic) bond motifs is 2. The summed E-state index contributed by atoms with van der Waals surface area (Å²) in [6.45, 7) is 0. The van der Waals surface area contributed by atoms with Crippen molar-refractivity contribution in [1.29, 1.82) is 0 Å². The van der Waals surface area contributed by atoms with E-state index in [-0.39, 0.29) is 0 Å². The predicted octanol–water partition coefficient (Wildman–Crippen LogP) is 14.1. The fraction of sp³-hybridized carbons (Fsp3) is 0. The molecule has 0 bridgehead atoms. The van der Waals surface area contributed by atoms with Crippen LogP contribution in [0.5, 0.6) is 0 Å². The first-order chi connectivity index (χ1) is 25.3. The average molecular weight is 650 g/mol. The van der Waals surface area contributed by atoms with Crippen LogP contribution in [0.1, 0.15) is 0 Å². The van der Waals surface area contributed by atoms with E-state index in [0.29, 0.717) is 0 Å². The maximum Gasteiger partial charge on any atom is 0.0540 e.